The Bertz CT molecular complexity index is 3790. The van der Waals surface area contributed by atoms with E-state index in [9.17, 15) is 0 Å². The predicted octanol–water partition coefficient (Wildman–Crippen LogP) is 19.3. The van der Waals surface area contributed by atoms with Gasteiger partial charge in [0.05, 0.1) is 0 Å². The molecule has 0 unspecified atom stereocenters. The molecule has 2 heterocycles. The van der Waals surface area contributed by atoms with Gasteiger partial charge < -0.3 is 4.42 Å². The molecule has 11 aromatic carbocycles. The molecule has 0 radical (unpaired) electrons. The van der Waals surface area contributed by atoms with E-state index < -0.39 is 0 Å². The van der Waals surface area contributed by atoms with Crippen LogP contribution in [0, 0.1) is 0 Å². The monoisotopic (exact) mass is 882 g/mol. The smallest absolute Gasteiger partial charge is 0.135 e. The van der Waals surface area contributed by atoms with Gasteiger partial charge in [-0.2, -0.15) is 0 Å². The van der Waals surface area contributed by atoms with E-state index in [2.05, 4.69) is 243 Å². The first kappa shape index (κ1) is 39.8. The molecule has 0 saturated carbocycles. The van der Waals surface area contributed by atoms with E-state index in [1.54, 1.807) is 0 Å². The summed E-state index contributed by atoms with van der Waals surface area (Å²) in [6, 6.07) is 92.8. The highest BCUT2D eigenvalue weighted by molar-refractivity contribution is 7.25. The molecule has 68 heavy (non-hydrogen) atoms. The molecule has 2 aromatic heterocycles. The van der Waals surface area contributed by atoms with Crippen LogP contribution in [0.3, 0.4) is 0 Å². The van der Waals surface area contributed by atoms with Crippen LogP contribution in [0.4, 0.5) is 0 Å². The maximum atomic E-state index is 6.11. The van der Waals surface area contributed by atoms with Crippen LogP contribution in [0.1, 0.15) is 0 Å². The third-order valence-electron chi connectivity index (χ3n) is 13.5. The standard InChI is InChI=1S/C66H42OS/c1-3-28-63-59(26-1)61-41-57(30-32-64(61)67-63)55-24-10-22-53(39-55)51-20-8-18-49(37-51)47-16-6-14-45(35-47)43-12-5-13-44(34-43)46-15-7-17-48(36-46)50-19-9-21-52(38-50)54-23-11-25-56(40-54)58-31-33-66-62(42-58)60-27-2-4-29-65(60)68-66/h1-42H. The molecule has 1 nitrogen and oxygen atoms in total. The van der Waals surface area contributed by atoms with Gasteiger partial charge in [0.1, 0.15) is 11.2 Å². The molecule has 0 aliphatic rings. The number of hydrogen-bond donors (Lipinski definition) is 0. The van der Waals surface area contributed by atoms with Crippen molar-refractivity contribution in [3.63, 3.8) is 0 Å². The Balaban J connectivity index is 0.759. The molecular weight excluding hydrogens is 841 g/mol. The van der Waals surface area contributed by atoms with E-state index in [0.717, 1.165) is 21.9 Å². The van der Waals surface area contributed by atoms with Gasteiger partial charge in [-0.15, -0.1) is 11.3 Å². The summed E-state index contributed by atoms with van der Waals surface area (Å²) < 4.78 is 8.77. The molecule has 2 heteroatoms. The van der Waals surface area contributed by atoms with Crippen LogP contribution < -0.4 is 0 Å². The first-order valence-electron chi connectivity index (χ1n) is 23.2. The topological polar surface area (TPSA) is 13.1 Å². The molecule has 0 fully saturated rings. The zero-order valence-corrected chi connectivity index (χ0v) is 37.9. The summed E-state index contributed by atoms with van der Waals surface area (Å²) >= 11 is 1.86. The molecule has 0 saturated heterocycles. The molecule has 0 N–H and O–H groups in total. The van der Waals surface area contributed by atoms with E-state index in [1.807, 2.05) is 23.5 Å². The van der Waals surface area contributed by atoms with Crippen LogP contribution in [0.2, 0.25) is 0 Å². The van der Waals surface area contributed by atoms with E-state index in [0.29, 0.717) is 0 Å². The van der Waals surface area contributed by atoms with Gasteiger partial charge in [-0.3, -0.25) is 0 Å². The summed E-state index contributed by atoms with van der Waals surface area (Å²) in [6.45, 7) is 0. The normalized spacial score (nSPS) is 11.5. The molecule has 13 rings (SSSR count). The minimum absolute atomic E-state index is 0.912. The van der Waals surface area contributed by atoms with Crippen LogP contribution in [0.25, 0.3) is 131 Å². The molecule has 0 atom stereocenters. The molecular formula is C66H42OS. The van der Waals surface area contributed by atoms with Gasteiger partial charge in [-0.1, -0.05) is 176 Å². The molecule has 318 valence electrons. The Hall–Kier alpha value is -8.56. The SMILES string of the molecule is c1cc(-c2cccc(-c3cccc(-c4cccc(-c5ccc6oc7ccccc7c6c5)c4)c3)c2)cc(-c2cccc(-c3cccc(-c4cccc(-c5ccc6sc7ccccc7c6c5)c4)c3)c2)c1. The van der Waals surface area contributed by atoms with E-state index >= 15 is 0 Å². The Morgan fingerprint density at radius 2 is 0.485 bits per heavy atom. The van der Waals surface area contributed by atoms with Gasteiger partial charge in [0.25, 0.3) is 0 Å². The number of fused-ring (bicyclic) bond motifs is 6. The second-order valence-electron chi connectivity index (χ2n) is 17.7. The lowest BCUT2D eigenvalue weighted by Gasteiger charge is -2.12. The van der Waals surface area contributed by atoms with Crippen molar-refractivity contribution in [1.82, 2.24) is 0 Å². The highest BCUT2D eigenvalue weighted by atomic mass is 32.1. The average molecular weight is 883 g/mol. The van der Waals surface area contributed by atoms with Crippen molar-refractivity contribution in [1.29, 1.82) is 0 Å². The zero-order chi connectivity index (χ0) is 45.0. The number of hydrogen-bond acceptors (Lipinski definition) is 2. The third kappa shape index (κ3) is 7.38. The van der Waals surface area contributed by atoms with Gasteiger partial charge in [0.15, 0.2) is 0 Å². The lowest BCUT2D eigenvalue weighted by Crippen LogP contribution is -1.86. The lowest BCUT2D eigenvalue weighted by molar-refractivity contribution is 0.669. The fourth-order valence-electron chi connectivity index (χ4n) is 9.96. The first-order chi connectivity index (χ1) is 33.6. The summed E-state index contributed by atoms with van der Waals surface area (Å²) in [5, 5.41) is 4.93. The maximum absolute atomic E-state index is 6.11. The van der Waals surface area contributed by atoms with Crippen LogP contribution in [0.5, 0.6) is 0 Å². The molecule has 0 aliphatic carbocycles. The van der Waals surface area contributed by atoms with Gasteiger partial charge >= 0.3 is 0 Å². The van der Waals surface area contributed by atoms with Crippen molar-refractivity contribution in [3.8, 4) is 89.0 Å². The highest BCUT2D eigenvalue weighted by Crippen LogP contribution is 2.39. The number of benzene rings is 11. The van der Waals surface area contributed by atoms with Crippen molar-refractivity contribution in [3.05, 3.63) is 255 Å². The van der Waals surface area contributed by atoms with Crippen LogP contribution >= 0.6 is 11.3 Å². The minimum Gasteiger partial charge on any atom is -0.456 e. The minimum atomic E-state index is 0.912. The number of para-hydroxylation sites is 1. The second-order valence-corrected chi connectivity index (χ2v) is 18.8. The average Bonchev–Trinajstić information content (AvgIpc) is 3.99. The van der Waals surface area contributed by atoms with E-state index in [-0.39, 0.29) is 0 Å². The van der Waals surface area contributed by atoms with Crippen LogP contribution in [-0.4, -0.2) is 0 Å². The Labute approximate surface area is 399 Å². The van der Waals surface area contributed by atoms with Gasteiger partial charge in [-0.25, -0.2) is 0 Å². The summed E-state index contributed by atoms with van der Waals surface area (Å²) in [7, 11) is 0. The molecule has 0 spiro atoms. The Morgan fingerprint density at radius 1 is 0.191 bits per heavy atom. The van der Waals surface area contributed by atoms with Crippen LogP contribution in [-0.2, 0) is 0 Å². The van der Waals surface area contributed by atoms with Crippen LogP contribution in [0.15, 0.2) is 259 Å². The Kier molecular flexibility index (Phi) is 9.77. The maximum Gasteiger partial charge on any atom is 0.135 e. The molecule has 0 bridgehead atoms. The van der Waals surface area contributed by atoms with Gasteiger partial charge in [-0.05, 0) is 168 Å². The summed E-state index contributed by atoms with van der Waals surface area (Å²) in [5.41, 5.74) is 21.0. The first-order valence-corrected chi connectivity index (χ1v) is 24.0. The van der Waals surface area contributed by atoms with Crippen molar-refractivity contribution in [2.75, 3.05) is 0 Å². The predicted molar refractivity (Wildman–Crippen MR) is 290 cm³/mol. The molecule has 0 amide bonds. The van der Waals surface area contributed by atoms with E-state index in [4.69, 9.17) is 4.42 Å². The van der Waals surface area contributed by atoms with Crippen molar-refractivity contribution >= 4 is 53.4 Å². The molecule has 13 aromatic rings. The van der Waals surface area contributed by atoms with E-state index in [1.165, 1.54) is 109 Å². The quantitative estimate of drug-likeness (QED) is 0.148. The van der Waals surface area contributed by atoms with Crippen molar-refractivity contribution in [2.24, 2.45) is 0 Å². The number of furan rings is 1. The number of thiophene rings is 1. The van der Waals surface area contributed by atoms with Crippen molar-refractivity contribution < 1.29 is 4.42 Å². The lowest BCUT2D eigenvalue weighted by atomic mass is 9.93. The second kappa shape index (κ2) is 16.7. The van der Waals surface area contributed by atoms with Crippen molar-refractivity contribution in [2.45, 2.75) is 0 Å². The zero-order valence-electron chi connectivity index (χ0n) is 37.1. The summed E-state index contributed by atoms with van der Waals surface area (Å²) in [4.78, 5) is 0. The summed E-state index contributed by atoms with van der Waals surface area (Å²) in [5.74, 6) is 0. The fraction of sp³-hybridized carbons (Fsp3) is 0. The third-order valence-corrected chi connectivity index (χ3v) is 14.6. The largest absolute Gasteiger partial charge is 0.456 e. The van der Waals surface area contributed by atoms with Gasteiger partial charge in [0, 0.05) is 30.9 Å². The fourth-order valence-corrected chi connectivity index (χ4v) is 11.0. The Morgan fingerprint density at radius 3 is 0.897 bits per heavy atom. The number of rotatable bonds is 8. The summed E-state index contributed by atoms with van der Waals surface area (Å²) in [6.07, 6.45) is 0. The molecule has 0 aliphatic heterocycles. The highest BCUT2D eigenvalue weighted by Gasteiger charge is 2.13. The van der Waals surface area contributed by atoms with Gasteiger partial charge in [0.2, 0.25) is 0 Å².